The monoisotopic (exact) mass is 381 g/mol. The summed E-state index contributed by atoms with van der Waals surface area (Å²) in [5.41, 5.74) is 1.87. The third-order valence-corrected chi connectivity index (χ3v) is 5.03. The average molecular weight is 381 g/mol. The highest BCUT2D eigenvalue weighted by Gasteiger charge is 2.15. The Morgan fingerprint density at radius 3 is 2.68 bits per heavy atom. The molecule has 3 aromatic rings. The lowest BCUT2D eigenvalue weighted by molar-refractivity contribution is 0.288. The van der Waals surface area contributed by atoms with Crippen LogP contribution in [-0.4, -0.2) is 33.0 Å². The molecule has 1 aliphatic rings. The molecule has 0 radical (unpaired) electrons. The smallest absolute Gasteiger partial charge is 0.163 e. The highest BCUT2D eigenvalue weighted by molar-refractivity contribution is 5.93. The van der Waals surface area contributed by atoms with Gasteiger partial charge in [0, 0.05) is 36.3 Å². The first kappa shape index (κ1) is 18.5. The van der Waals surface area contributed by atoms with E-state index in [0.29, 0.717) is 19.8 Å². The second-order valence-corrected chi connectivity index (χ2v) is 6.89. The molecule has 1 aromatic carbocycles. The summed E-state index contributed by atoms with van der Waals surface area (Å²) in [6, 6.07) is 5.93. The molecule has 4 rings (SSSR count). The molecule has 1 N–H and O–H groups in total. The van der Waals surface area contributed by atoms with Gasteiger partial charge in [0.05, 0.1) is 25.3 Å². The maximum absolute atomic E-state index is 5.78. The van der Waals surface area contributed by atoms with Gasteiger partial charge in [0.25, 0.3) is 0 Å². The zero-order valence-electron chi connectivity index (χ0n) is 16.6. The zero-order chi connectivity index (χ0) is 19.3. The SMILES string of the molecule is CCOc1cc2nccc(NCc3nnc4n3CCCCC4)c2cc1OCC. The zero-order valence-corrected chi connectivity index (χ0v) is 16.6. The highest BCUT2D eigenvalue weighted by atomic mass is 16.5. The summed E-state index contributed by atoms with van der Waals surface area (Å²) in [5.74, 6) is 3.56. The number of nitrogens with one attached hydrogen (secondary N) is 1. The third kappa shape index (κ3) is 3.74. The summed E-state index contributed by atoms with van der Waals surface area (Å²) < 4.78 is 13.8. The van der Waals surface area contributed by atoms with Gasteiger partial charge in [-0.05, 0) is 38.8 Å². The lowest BCUT2D eigenvalue weighted by Gasteiger charge is -2.15. The van der Waals surface area contributed by atoms with Crippen LogP contribution in [-0.2, 0) is 19.5 Å². The Labute approximate surface area is 165 Å². The molecule has 7 nitrogen and oxygen atoms in total. The fourth-order valence-electron chi connectivity index (χ4n) is 3.69. The molecule has 0 aliphatic carbocycles. The number of anilines is 1. The standard InChI is InChI=1S/C21H27N5O2/c1-3-27-18-12-15-16(9-10-22-17(15)13-19(18)28-4-2)23-14-21-25-24-20-8-6-5-7-11-26(20)21/h9-10,12-13H,3-8,11,14H2,1-2H3,(H,22,23). The van der Waals surface area contributed by atoms with Crippen molar-refractivity contribution in [2.24, 2.45) is 0 Å². The lowest BCUT2D eigenvalue weighted by atomic mass is 10.1. The van der Waals surface area contributed by atoms with Crippen LogP contribution < -0.4 is 14.8 Å². The minimum absolute atomic E-state index is 0.584. The first-order chi connectivity index (χ1) is 13.8. The minimum atomic E-state index is 0.584. The van der Waals surface area contributed by atoms with Crippen LogP contribution in [0.15, 0.2) is 24.4 Å². The van der Waals surface area contributed by atoms with Gasteiger partial charge in [-0.3, -0.25) is 4.98 Å². The van der Waals surface area contributed by atoms with Gasteiger partial charge in [-0.1, -0.05) is 6.42 Å². The first-order valence-electron chi connectivity index (χ1n) is 10.1. The van der Waals surface area contributed by atoms with Crippen LogP contribution in [0.5, 0.6) is 11.5 Å². The topological polar surface area (TPSA) is 74.1 Å². The molecular weight excluding hydrogens is 354 g/mol. The molecular formula is C21H27N5O2. The largest absolute Gasteiger partial charge is 0.490 e. The van der Waals surface area contributed by atoms with E-state index in [1.807, 2.05) is 38.2 Å². The van der Waals surface area contributed by atoms with Crippen molar-refractivity contribution in [3.63, 3.8) is 0 Å². The van der Waals surface area contributed by atoms with Crippen molar-refractivity contribution in [2.75, 3.05) is 18.5 Å². The fraction of sp³-hybridized carbons (Fsp3) is 0.476. The van der Waals surface area contributed by atoms with Crippen molar-refractivity contribution >= 4 is 16.6 Å². The minimum Gasteiger partial charge on any atom is -0.490 e. The molecule has 0 saturated heterocycles. The molecule has 0 amide bonds. The molecule has 0 bridgehead atoms. The third-order valence-electron chi connectivity index (χ3n) is 5.03. The predicted octanol–water partition coefficient (Wildman–Crippen LogP) is 3.96. The fourth-order valence-corrected chi connectivity index (χ4v) is 3.69. The summed E-state index contributed by atoms with van der Waals surface area (Å²) in [6.07, 6.45) is 6.47. The molecule has 0 unspecified atom stereocenters. The van der Waals surface area contributed by atoms with Crippen LogP contribution in [0.3, 0.4) is 0 Å². The number of benzene rings is 1. The Bertz CT molecular complexity index is 953. The van der Waals surface area contributed by atoms with E-state index in [-0.39, 0.29) is 0 Å². The maximum Gasteiger partial charge on any atom is 0.163 e. The Kier molecular flexibility index (Phi) is 5.60. The van der Waals surface area contributed by atoms with Crippen molar-refractivity contribution < 1.29 is 9.47 Å². The van der Waals surface area contributed by atoms with E-state index in [1.54, 1.807) is 0 Å². The van der Waals surface area contributed by atoms with Crippen LogP contribution in [0.25, 0.3) is 10.9 Å². The molecule has 3 heterocycles. The predicted molar refractivity (Wildman–Crippen MR) is 109 cm³/mol. The second kappa shape index (κ2) is 8.46. The number of aromatic nitrogens is 4. The van der Waals surface area contributed by atoms with Crippen molar-refractivity contribution in [1.82, 2.24) is 19.7 Å². The summed E-state index contributed by atoms with van der Waals surface area (Å²) in [4.78, 5) is 4.50. The summed E-state index contributed by atoms with van der Waals surface area (Å²) in [7, 11) is 0. The Balaban J connectivity index is 1.62. The van der Waals surface area contributed by atoms with Gasteiger partial charge < -0.3 is 19.4 Å². The van der Waals surface area contributed by atoms with E-state index in [1.165, 1.54) is 19.3 Å². The molecule has 0 fully saturated rings. The number of hydrogen-bond donors (Lipinski definition) is 1. The van der Waals surface area contributed by atoms with Crippen LogP contribution in [0, 0.1) is 0 Å². The van der Waals surface area contributed by atoms with Crippen LogP contribution in [0.4, 0.5) is 5.69 Å². The summed E-state index contributed by atoms with van der Waals surface area (Å²) in [5, 5.41) is 13.3. The van der Waals surface area contributed by atoms with E-state index in [9.17, 15) is 0 Å². The van der Waals surface area contributed by atoms with Crippen molar-refractivity contribution in [1.29, 1.82) is 0 Å². The summed E-state index contributed by atoms with van der Waals surface area (Å²) in [6.45, 7) is 6.74. The van der Waals surface area contributed by atoms with E-state index >= 15 is 0 Å². The van der Waals surface area contributed by atoms with Crippen LogP contribution >= 0.6 is 0 Å². The van der Waals surface area contributed by atoms with Crippen molar-refractivity contribution in [3.8, 4) is 11.5 Å². The van der Waals surface area contributed by atoms with Gasteiger partial charge in [-0.15, -0.1) is 10.2 Å². The van der Waals surface area contributed by atoms with Gasteiger partial charge in [-0.25, -0.2) is 0 Å². The number of hydrogen-bond acceptors (Lipinski definition) is 6. The molecule has 0 saturated carbocycles. The van der Waals surface area contributed by atoms with Gasteiger partial charge >= 0.3 is 0 Å². The number of aryl methyl sites for hydroxylation is 1. The Hall–Kier alpha value is -2.83. The number of ether oxygens (including phenoxy) is 2. The van der Waals surface area contributed by atoms with E-state index in [0.717, 1.165) is 52.7 Å². The van der Waals surface area contributed by atoms with Crippen molar-refractivity contribution in [3.05, 3.63) is 36.0 Å². The maximum atomic E-state index is 5.78. The first-order valence-corrected chi connectivity index (χ1v) is 10.1. The van der Waals surface area contributed by atoms with Gasteiger partial charge in [0.15, 0.2) is 17.3 Å². The Morgan fingerprint density at radius 1 is 1.04 bits per heavy atom. The molecule has 28 heavy (non-hydrogen) atoms. The molecule has 0 spiro atoms. The van der Waals surface area contributed by atoms with Gasteiger partial charge in [0.1, 0.15) is 5.82 Å². The number of pyridine rings is 1. The van der Waals surface area contributed by atoms with Crippen molar-refractivity contribution in [2.45, 2.75) is 52.6 Å². The summed E-state index contributed by atoms with van der Waals surface area (Å²) >= 11 is 0. The molecule has 1 aliphatic heterocycles. The Morgan fingerprint density at radius 2 is 1.86 bits per heavy atom. The van der Waals surface area contributed by atoms with E-state index in [2.05, 4.69) is 25.1 Å². The molecule has 148 valence electrons. The van der Waals surface area contributed by atoms with E-state index < -0.39 is 0 Å². The van der Waals surface area contributed by atoms with Gasteiger partial charge in [0.2, 0.25) is 0 Å². The van der Waals surface area contributed by atoms with E-state index in [4.69, 9.17) is 9.47 Å². The van der Waals surface area contributed by atoms with Crippen LogP contribution in [0.1, 0.15) is 44.8 Å². The van der Waals surface area contributed by atoms with Crippen LogP contribution in [0.2, 0.25) is 0 Å². The molecule has 7 heteroatoms. The number of nitrogens with zero attached hydrogens (tertiary/aromatic N) is 4. The quantitative estimate of drug-likeness (QED) is 0.668. The number of fused-ring (bicyclic) bond motifs is 2. The number of rotatable bonds is 7. The lowest BCUT2D eigenvalue weighted by Crippen LogP contribution is -2.10. The van der Waals surface area contributed by atoms with Gasteiger partial charge in [-0.2, -0.15) is 0 Å². The normalized spacial score (nSPS) is 13.8. The second-order valence-electron chi connectivity index (χ2n) is 6.89. The molecule has 0 atom stereocenters. The average Bonchev–Trinajstić information content (AvgIpc) is 2.93. The highest BCUT2D eigenvalue weighted by Crippen LogP contribution is 2.35. The molecule has 2 aromatic heterocycles.